The minimum absolute atomic E-state index is 0.376. The zero-order valence-corrected chi connectivity index (χ0v) is 6.97. The van der Waals surface area contributed by atoms with Gasteiger partial charge in [-0.05, 0) is 0 Å². The van der Waals surface area contributed by atoms with Crippen LogP contribution < -0.4 is 5.73 Å². The van der Waals surface area contributed by atoms with Gasteiger partial charge >= 0.3 is 0 Å². The average molecular weight is 181 g/mol. The van der Waals surface area contributed by atoms with Crippen LogP contribution in [-0.4, -0.2) is 23.1 Å². The molecule has 0 aromatic heterocycles. The fourth-order valence-electron chi connectivity index (χ4n) is 0.942. The molecular formula is C9H11NO3. The van der Waals surface area contributed by atoms with Gasteiger partial charge in [-0.25, -0.2) is 0 Å². The lowest BCUT2D eigenvalue weighted by molar-refractivity contribution is -0.0135. The first kappa shape index (κ1) is 9.85. The van der Waals surface area contributed by atoms with Gasteiger partial charge in [0.2, 0.25) is 0 Å². The van der Waals surface area contributed by atoms with Gasteiger partial charge < -0.3 is 10.2 Å². The van der Waals surface area contributed by atoms with E-state index in [0.717, 1.165) is 0 Å². The Hall–Kier alpha value is -1.23. The molecule has 0 aliphatic rings. The SMILES string of the molecule is N[C@@](O)(CO)c1ccc(C=O)cc1. The van der Waals surface area contributed by atoms with Crippen molar-refractivity contribution in [2.45, 2.75) is 5.72 Å². The molecule has 0 bridgehead atoms. The number of nitrogens with two attached hydrogens (primary N) is 1. The van der Waals surface area contributed by atoms with Gasteiger partial charge in [0.25, 0.3) is 0 Å². The summed E-state index contributed by atoms with van der Waals surface area (Å²) in [5, 5.41) is 18.1. The number of carbonyl (C=O) groups excluding carboxylic acids is 1. The lowest BCUT2D eigenvalue weighted by Gasteiger charge is -2.20. The number of aliphatic hydroxyl groups is 2. The van der Waals surface area contributed by atoms with Gasteiger partial charge in [0, 0.05) is 11.1 Å². The van der Waals surface area contributed by atoms with Gasteiger partial charge in [0.05, 0.1) is 6.61 Å². The van der Waals surface area contributed by atoms with E-state index in [2.05, 4.69) is 0 Å². The Morgan fingerprint density at radius 3 is 2.31 bits per heavy atom. The highest BCUT2D eigenvalue weighted by molar-refractivity contribution is 5.74. The van der Waals surface area contributed by atoms with E-state index in [-0.39, 0.29) is 0 Å². The maximum absolute atomic E-state index is 10.3. The Labute approximate surface area is 75.6 Å². The zero-order valence-electron chi connectivity index (χ0n) is 6.97. The third-order valence-electron chi connectivity index (χ3n) is 1.79. The smallest absolute Gasteiger partial charge is 0.163 e. The number of aldehydes is 1. The number of hydrogen-bond donors (Lipinski definition) is 3. The minimum atomic E-state index is -1.73. The van der Waals surface area contributed by atoms with E-state index in [0.29, 0.717) is 17.4 Å². The summed E-state index contributed by atoms with van der Waals surface area (Å²) < 4.78 is 0. The van der Waals surface area contributed by atoms with E-state index in [4.69, 9.17) is 10.8 Å². The number of hydrogen-bond acceptors (Lipinski definition) is 4. The highest BCUT2D eigenvalue weighted by Gasteiger charge is 2.21. The predicted molar refractivity (Wildman–Crippen MR) is 47.0 cm³/mol. The van der Waals surface area contributed by atoms with Gasteiger partial charge in [-0.3, -0.25) is 10.5 Å². The van der Waals surface area contributed by atoms with E-state index in [1.807, 2.05) is 0 Å². The Balaban J connectivity index is 2.98. The topological polar surface area (TPSA) is 83.6 Å². The summed E-state index contributed by atoms with van der Waals surface area (Å²) >= 11 is 0. The molecule has 0 fully saturated rings. The van der Waals surface area contributed by atoms with Gasteiger partial charge in [-0.2, -0.15) is 0 Å². The summed E-state index contributed by atoms with van der Waals surface area (Å²) in [7, 11) is 0. The number of aliphatic hydroxyl groups excluding tert-OH is 1. The van der Waals surface area contributed by atoms with Crippen LogP contribution in [0.3, 0.4) is 0 Å². The van der Waals surface area contributed by atoms with E-state index >= 15 is 0 Å². The molecule has 0 amide bonds. The first-order valence-corrected chi connectivity index (χ1v) is 3.78. The lowest BCUT2D eigenvalue weighted by Crippen LogP contribution is -2.40. The molecule has 1 rings (SSSR count). The fourth-order valence-corrected chi connectivity index (χ4v) is 0.942. The standard InChI is InChI=1S/C9H11NO3/c10-9(13,6-12)8-3-1-7(5-11)2-4-8/h1-5,12-13H,6,10H2/t9-/m1/s1. The average Bonchev–Trinajstić information content (AvgIpc) is 2.18. The van der Waals surface area contributed by atoms with E-state index < -0.39 is 12.3 Å². The van der Waals surface area contributed by atoms with Crippen LogP contribution in [0.2, 0.25) is 0 Å². The van der Waals surface area contributed by atoms with E-state index in [1.165, 1.54) is 24.3 Å². The van der Waals surface area contributed by atoms with Crippen molar-refractivity contribution in [3.8, 4) is 0 Å². The minimum Gasteiger partial charge on any atom is -0.392 e. The molecule has 0 unspecified atom stereocenters. The summed E-state index contributed by atoms with van der Waals surface area (Å²) in [6.45, 7) is -0.562. The second kappa shape index (κ2) is 3.66. The molecule has 70 valence electrons. The molecule has 4 nitrogen and oxygen atoms in total. The summed E-state index contributed by atoms with van der Waals surface area (Å²) in [6.07, 6.45) is 0.693. The normalized spacial score (nSPS) is 15.0. The molecule has 13 heavy (non-hydrogen) atoms. The van der Waals surface area contributed by atoms with E-state index in [9.17, 15) is 9.90 Å². The first-order chi connectivity index (χ1) is 6.10. The Morgan fingerprint density at radius 2 is 1.92 bits per heavy atom. The van der Waals surface area contributed by atoms with Crippen LogP contribution in [0.4, 0.5) is 0 Å². The van der Waals surface area contributed by atoms with Crippen LogP contribution >= 0.6 is 0 Å². The lowest BCUT2D eigenvalue weighted by atomic mass is 10.0. The molecule has 4 N–H and O–H groups in total. The molecule has 1 aromatic carbocycles. The van der Waals surface area contributed by atoms with Crippen molar-refractivity contribution in [1.29, 1.82) is 0 Å². The monoisotopic (exact) mass is 181 g/mol. The summed E-state index contributed by atoms with van der Waals surface area (Å²) in [6, 6.07) is 6.05. The van der Waals surface area contributed by atoms with Crippen LogP contribution in [0.1, 0.15) is 15.9 Å². The van der Waals surface area contributed by atoms with Crippen molar-refractivity contribution >= 4 is 6.29 Å². The molecule has 0 radical (unpaired) electrons. The van der Waals surface area contributed by atoms with Gasteiger partial charge in [0.1, 0.15) is 6.29 Å². The van der Waals surface area contributed by atoms with Gasteiger partial charge in [0.15, 0.2) is 5.72 Å². The Morgan fingerprint density at radius 1 is 1.38 bits per heavy atom. The van der Waals surface area contributed by atoms with Crippen LogP contribution in [0.25, 0.3) is 0 Å². The molecular weight excluding hydrogens is 170 g/mol. The molecule has 0 aliphatic carbocycles. The summed E-state index contributed by atoms with van der Waals surface area (Å²) in [5.74, 6) is 0. The molecule has 0 aliphatic heterocycles. The molecule has 0 saturated heterocycles. The maximum atomic E-state index is 10.3. The molecule has 0 heterocycles. The Bertz CT molecular complexity index is 292. The van der Waals surface area contributed by atoms with Crippen molar-refractivity contribution in [2.75, 3.05) is 6.61 Å². The first-order valence-electron chi connectivity index (χ1n) is 3.78. The number of rotatable bonds is 3. The third-order valence-corrected chi connectivity index (χ3v) is 1.79. The van der Waals surface area contributed by atoms with Crippen LogP contribution in [-0.2, 0) is 5.72 Å². The van der Waals surface area contributed by atoms with Gasteiger partial charge in [-0.1, -0.05) is 24.3 Å². The van der Waals surface area contributed by atoms with Gasteiger partial charge in [-0.15, -0.1) is 0 Å². The molecule has 0 spiro atoms. The molecule has 0 saturated carbocycles. The van der Waals surface area contributed by atoms with Crippen molar-refractivity contribution in [3.63, 3.8) is 0 Å². The summed E-state index contributed by atoms with van der Waals surface area (Å²) in [4.78, 5) is 10.3. The second-order valence-electron chi connectivity index (χ2n) is 2.82. The molecule has 4 heteroatoms. The van der Waals surface area contributed by atoms with Crippen LogP contribution in [0, 0.1) is 0 Å². The quantitative estimate of drug-likeness (QED) is 0.437. The van der Waals surface area contributed by atoms with Crippen molar-refractivity contribution in [3.05, 3.63) is 35.4 Å². The largest absolute Gasteiger partial charge is 0.392 e. The zero-order chi connectivity index (χ0) is 9.90. The number of carbonyl (C=O) groups is 1. The van der Waals surface area contributed by atoms with Crippen molar-refractivity contribution in [2.24, 2.45) is 5.73 Å². The molecule has 1 atom stereocenters. The van der Waals surface area contributed by atoms with Crippen molar-refractivity contribution in [1.82, 2.24) is 0 Å². The highest BCUT2D eigenvalue weighted by atomic mass is 16.3. The van der Waals surface area contributed by atoms with Crippen LogP contribution in [0.5, 0.6) is 0 Å². The van der Waals surface area contributed by atoms with Crippen LogP contribution in [0.15, 0.2) is 24.3 Å². The Kier molecular flexibility index (Phi) is 2.77. The fraction of sp³-hybridized carbons (Fsp3) is 0.222. The summed E-state index contributed by atoms with van der Waals surface area (Å²) in [5.41, 5.74) is 4.48. The number of benzene rings is 1. The van der Waals surface area contributed by atoms with Crippen molar-refractivity contribution < 1.29 is 15.0 Å². The predicted octanol–water partition coefficient (Wildman–Crippen LogP) is -0.405. The molecule has 1 aromatic rings. The van der Waals surface area contributed by atoms with E-state index in [1.54, 1.807) is 0 Å². The third kappa shape index (κ3) is 2.12. The maximum Gasteiger partial charge on any atom is 0.163 e. The second-order valence-corrected chi connectivity index (χ2v) is 2.82. The highest BCUT2D eigenvalue weighted by Crippen LogP contribution is 2.14.